The summed E-state index contributed by atoms with van der Waals surface area (Å²) < 4.78 is 10.1. The number of nitrogens with zero attached hydrogens (tertiary/aromatic N) is 1. The number of allylic oxidation sites excluding steroid dienone is 2. The molecular formula is C16H23NO5. The largest absolute Gasteiger partial charge is 0.463 e. The Morgan fingerprint density at radius 1 is 1.00 bits per heavy atom. The Balaban J connectivity index is 3.42. The van der Waals surface area contributed by atoms with Crippen LogP contribution >= 0.6 is 0 Å². The van der Waals surface area contributed by atoms with E-state index in [2.05, 4.69) is 0 Å². The highest BCUT2D eigenvalue weighted by Gasteiger charge is 2.34. The molecule has 0 unspecified atom stereocenters. The highest BCUT2D eigenvalue weighted by atomic mass is 16.5. The summed E-state index contributed by atoms with van der Waals surface area (Å²) in [4.78, 5) is 37.9. The number of rotatable bonds is 6. The molecule has 0 saturated heterocycles. The quantitative estimate of drug-likeness (QED) is 0.698. The Morgan fingerprint density at radius 3 is 2.00 bits per heavy atom. The van der Waals surface area contributed by atoms with Crippen molar-refractivity contribution in [2.45, 2.75) is 41.0 Å². The number of carbonyl (C=O) groups is 3. The van der Waals surface area contributed by atoms with Gasteiger partial charge in [0.25, 0.3) is 0 Å². The molecule has 0 amide bonds. The van der Waals surface area contributed by atoms with Crippen molar-refractivity contribution < 1.29 is 23.9 Å². The van der Waals surface area contributed by atoms with Gasteiger partial charge in [-0.25, -0.2) is 9.59 Å². The molecule has 1 heterocycles. The van der Waals surface area contributed by atoms with Crippen LogP contribution < -0.4 is 0 Å². The molecular weight excluding hydrogens is 286 g/mol. The summed E-state index contributed by atoms with van der Waals surface area (Å²) >= 11 is 0. The van der Waals surface area contributed by atoms with Crippen molar-refractivity contribution in [3.8, 4) is 0 Å². The van der Waals surface area contributed by atoms with Crippen LogP contribution in [0.25, 0.3) is 0 Å². The Bertz CT molecular complexity index is 545. The lowest BCUT2D eigenvalue weighted by atomic mass is 9.93. The predicted molar refractivity (Wildman–Crippen MR) is 80.7 cm³/mol. The second kappa shape index (κ2) is 7.77. The number of hydrogen-bond donors (Lipinski definition) is 0. The van der Waals surface area contributed by atoms with Gasteiger partial charge in [0.05, 0.1) is 18.8 Å². The summed E-state index contributed by atoms with van der Waals surface area (Å²) in [6, 6.07) is 0. The van der Waals surface area contributed by atoms with Crippen molar-refractivity contribution in [3.05, 3.63) is 22.5 Å². The maximum absolute atomic E-state index is 12.3. The molecule has 1 rings (SSSR count). The molecule has 0 aliphatic carbocycles. The van der Waals surface area contributed by atoms with Gasteiger partial charge in [-0.15, -0.1) is 0 Å². The zero-order valence-corrected chi connectivity index (χ0v) is 13.8. The molecule has 0 spiro atoms. The summed E-state index contributed by atoms with van der Waals surface area (Å²) in [6.07, 6.45) is 0.0879. The van der Waals surface area contributed by atoms with E-state index in [0.29, 0.717) is 17.8 Å². The van der Waals surface area contributed by atoms with Crippen LogP contribution in [0.2, 0.25) is 0 Å². The monoisotopic (exact) mass is 309 g/mol. The molecule has 0 fully saturated rings. The standard InChI is InChI=1S/C16H23NO5/c1-6-17-10(4)12(11(5)18)9-13(15(19)21-7-2)14(17)16(20)22-8-3/h6-9H2,1-5H3. The molecule has 0 aromatic rings. The molecule has 1 aliphatic rings. The normalized spacial score (nSPS) is 15.0. The number of hydrogen-bond acceptors (Lipinski definition) is 6. The lowest BCUT2D eigenvalue weighted by Crippen LogP contribution is -2.35. The van der Waals surface area contributed by atoms with Crippen molar-refractivity contribution in [1.29, 1.82) is 0 Å². The summed E-state index contributed by atoms with van der Waals surface area (Å²) in [6.45, 7) is 9.29. The average molecular weight is 309 g/mol. The molecule has 0 N–H and O–H groups in total. The molecule has 0 radical (unpaired) electrons. The van der Waals surface area contributed by atoms with Crippen molar-refractivity contribution in [2.75, 3.05) is 19.8 Å². The van der Waals surface area contributed by atoms with Gasteiger partial charge in [0, 0.05) is 24.2 Å². The number of carbonyl (C=O) groups excluding carboxylic acids is 3. The zero-order chi connectivity index (χ0) is 16.9. The van der Waals surface area contributed by atoms with Crippen LogP contribution in [-0.4, -0.2) is 42.4 Å². The molecule has 0 atom stereocenters. The maximum Gasteiger partial charge on any atom is 0.355 e. The molecule has 0 saturated carbocycles. The summed E-state index contributed by atoms with van der Waals surface area (Å²) in [7, 11) is 0. The first-order chi connectivity index (χ1) is 10.4. The fourth-order valence-electron chi connectivity index (χ4n) is 2.48. The SMILES string of the molecule is CCOC(=O)C1=C(C(=O)OCC)N(CC)C(C)=C(C(C)=O)C1. The minimum Gasteiger partial charge on any atom is -0.463 e. The van der Waals surface area contributed by atoms with Gasteiger partial charge < -0.3 is 14.4 Å². The molecule has 6 heteroatoms. The zero-order valence-electron chi connectivity index (χ0n) is 13.8. The second-order valence-corrected chi connectivity index (χ2v) is 4.81. The fraction of sp³-hybridized carbons (Fsp3) is 0.562. The van der Waals surface area contributed by atoms with E-state index in [4.69, 9.17) is 9.47 Å². The van der Waals surface area contributed by atoms with Gasteiger partial charge >= 0.3 is 11.9 Å². The molecule has 0 bridgehead atoms. The van der Waals surface area contributed by atoms with E-state index < -0.39 is 11.9 Å². The van der Waals surface area contributed by atoms with Crippen LogP contribution in [0.4, 0.5) is 0 Å². The predicted octanol–water partition coefficient (Wildman–Crippen LogP) is 1.96. The number of likely N-dealkylation sites (N-methyl/N-ethyl adjacent to an activating group) is 1. The van der Waals surface area contributed by atoms with E-state index >= 15 is 0 Å². The van der Waals surface area contributed by atoms with Crippen LogP contribution in [-0.2, 0) is 23.9 Å². The Kier molecular flexibility index (Phi) is 6.34. The third-order valence-corrected chi connectivity index (χ3v) is 3.48. The lowest BCUT2D eigenvalue weighted by Gasteiger charge is -2.33. The first-order valence-corrected chi connectivity index (χ1v) is 7.44. The number of ether oxygens (including phenoxy) is 2. The third kappa shape index (κ3) is 3.55. The van der Waals surface area contributed by atoms with E-state index in [1.807, 2.05) is 6.92 Å². The van der Waals surface area contributed by atoms with Crippen molar-refractivity contribution in [2.24, 2.45) is 0 Å². The number of esters is 2. The van der Waals surface area contributed by atoms with Gasteiger partial charge in [0.15, 0.2) is 5.78 Å². The van der Waals surface area contributed by atoms with Crippen LogP contribution in [0.1, 0.15) is 41.0 Å². The van der Waals surface area contributed by atoms with Crippen molar-refractivity contribution >= 4 is 17.7 Å². The Hall–Kier alpha value is -2.11. The minimum atomic E-state index is -0.588. The first kappa shape index (κ1) is 17.9. The Labute approximate surface area is 130 Å². The van der Waals surface area contributed by atoms with Gasteiger partial charge in [0.1, 0.15) is 5.70 Å². The van der Waals surface area contributed by atoms with E-state index in [9.17, 15) is 14.4 Å². The molecule has 1 aliphatic heterocycles. The molecule has 6 nitrogen and oxygen atoms in total. The average Bonchev–Trinajstić information content (AvgIpc) is 2.46. The van der Waals surface area contributed by atoms with Gasteiger partial charge in [0.2, 0.25) is 0 Å². The first-order valence-electron chi connectivity index (χ1n) is 7.44. The number of ketones is 1. The molecule has 122 valence electrons. The van der Waals surface area contributed by atoms with Crippen molar-refractivity contribution in [1.82, 2.24) is 4.90 Å². The summed E-state index contributed by atoms with van der Waals surface area (Å²) in [5, 5.41) is 0. The van der Waals surface area contributed by atoms with E-state index in [1.54, 1.807) is 25.7 Å². The smallest absolute Gasteiger partial charge is 0.355 e. The van der Waals surface area contributed by atoms with E-state index in [1.165, 1.54) is 6.92 Å². The third-order valence-electron chi connectivity index (χ3n) is 3.48. The fourth-order valence-corrected chi connectivity index (χ4v) is 2.48. The minimum absolute atomic E-state index is 0.0879. The van der Waals surface area contributed by atoms with Gasteiger partial charge in [-0.05, 0) is 34.6 Å². The van der Waals surface area contributed by atoms with E-state index in [-0.39, 0.29) is 36.7 Å². The summed E-state index contributed by atoms with van der Waals surface area (Å²) in [5.41, 5.74) is 1.53. The molecule has 0 aromatic heterocycles. The van der Waals surface area contributed by atoms with Crippen molar-refractivity contribution in [3.63, 3.8) is 0 Å². The van der Waals surface area contributed by atoms with E-state index in [0.717, 1.165) is 0 Å². The van der Waals surface area contributed by atoms with Gasteiger partial charge in [-0.3, -0.25) is 4.79 Å². The van der Waals surface area contributed by atoms with Crippen LogP contribution in [0.15, 0.2) is 22.5 Å². The van der Waals surface area contributed by atoms with Crippen LogP contribution in [0.5, 0.6) is 0 Å². The van der Waals surface area contributed by atoms with Gasteiger partial charge in [-0.2, -0.15) is 0 Å². The lowest BCUT2D eigenvalue weighted by molar-refractivity contribution is -0.143. The summed E-state index contributed by atoms with van der Waals surface area (Å²) in [5.74, 6) is -1.29. The van der Waals surface area contributed by atoms with Crippen LogP contribution in [0.3, 0.4) is 0 Å². The molecule has 0 aromatic carbocycles. The second-order valence-electron chi connectivity index (χ2n) is 4.81. The Morgan fingerprint density at radius 2 is 1.55 bits per heavy atom. The van der Waals surface area contributed by atoms with Crippen LogP contribution in [0, 0.1) is 0 Å². The highest BCUT2D eigenvalue weighted by molar-refractivity contribution is 6.04. The maximum atomic E-state index is 12.3. The topological polar surface area (TPSA) is 72.9 Å². The highest BCUT2D eigenvalue weighted by Crippen LogP contribution is 2.32. The number of Topliss-reactive ketones (excluding diaryl/α,β-unsaturated/α-hetero) is 1. The van der Waals surface area contributed by atoms with Gasteiger partial charge in [-0.1, -0.05) is 0 Å². The molecule has 22 heavy (non-hydrogen) atoms.